The van der Waals surface area contributed by atoms with Gasteiger partial charge in [-0.1, -0.05) is 25.5 Å². The number of para-hydroxylation sites is 1. The second-order valence-corrected chi connectivity index (χ2v) is 8.79. The lowest BCUT2D eigenvalue weighted by atomic mass is 9.99. The van der Waals surface area contributed by atoms with Crippen LogP contribution in [0, 0.1) is 5.92 Å². The molecule has 2 aromatic rings. The number of piperidine rings is 1. The number of hydrogen-bond acceptors (Lipinski definition) is 4. The van der Waals surface area contributed by atoms with Gasteiger partial charge in [-0.3, -0.25) is 4.79 Å². The van der Waals surface area contributed by atoms with E-state index in [1.807, 2.05) is 36.4 Å². The van der Waals surface area contributed by atoms with Crippen LogP contribution >= 0.6 is 0 Å². The molecule has 1 unspecified atom stereocenters. The molecule has 160 valence electrons. The molecule has 0 saturated carbocycles. The molecule has 0 spiro atoms. The van der Waals surface area contributed by atoms with Crippen molar-refractivity contribution >= 4 is 23.1 Å². The number of fused-ring (bicyclic) bond motifs is 2. The molecule has 4 rings (SSSR count). The van der Waals surface area contributed by atoms with Crippen molar-refractivity contribution in [1.29, 1.82) is 0 Å². The third-order valence-corrected chi connectivity index (χ3v) is 6.43. The van der Waals surface area contributed by atoms with Crippen LogP contribution in [0.2, 0.25) is 0 Å². The van der Waals surface area contributed by atoms with Crippen LogP contribution in [0.5, 0.6) is 0 Å². The van der Waals surface area contributed by atoms with Gasteiger partial charge in [0.05, 0.1) is 16.9 Å². The largest absolute Gasteiger partial charge is 0.324 e. The molecule has 3 heterocycles. The summed E-state index contributed by atoms with van der Waals surface area (Å²) in [6.45, 7) is 7.09. The summed E-state index contributed by atoms with van der Waals surface area (Å²) < 4.78 is 0. The number of benzene rings is 1. The first-order valence-corrected chi connectivity index (χ1v) is 11.6. The molecular weight excluding hydrogens is 372 g/mol. The van der Waals surface area contributed by atoms with Gasteiger partial charge in [-0.2, -0.15) is 0 Å². The van der Waals surface area contributed by atoms with Crippen LogP contribution < -0.4 is 10.2 Å². The van der Waals surface area contributed by atoms with E-state index < -0.39 is 0 Å². The van der Waals surface area contributed by atoms with Gasteiger partial charge in [-0.15, -0.1) is 0 Å². The molecule has 0 radical (unpaired) electrons. The Bertz CT molecular complexity index is 847. The number of nitrogens with zero attached hydrogens (tertiary/aromatic N) is 3. The summed E-state index contributed by atoms with van der Waals surface area (Å²) in [5.41, 5.74) is 2.45. The Balaban J connectivity index is 1.34. The first-order valence-electron chi connectivity index (χ1n) is 11.6. The van der Waals surface area contributed by atoms with Gasteiger partial charge in [0, 0.05) is 12.7 Å². The van der Waals surface area contributed by atoms with Gasteiger partial charge in [0.2, 0.25) is 0 Å². The van der Waals surface area contributed by atoms with E-state index in [0.717, 1.165) is 36.1 Å². The highest BCUT2D eigenvalue weighted by Gasteiger charge is 2.25. The second kappa shape index (κ2) is 10.1. The minimum atomic E-state index is -0.0616. The van der Waals surface area contributed by atoms with Crippen LogP contribution in [0.3, 0.4) is 0 Å². The number of rotatable bonds is 8. The zero-order chi connectivity index (χ0) is 20.8. The quantitative estimate of drug-likeness (QED) is 0.632. The highest BCUT2D eigenvalue weighted by Crippen LogP contribution is 2.36. The number of hydrogen-bond donors (Lipinski definition) is 1. The lowest BCUT2D eigenvalue weighted by Crippen LogP contribution is -2.30. The summed E-state index contributed by atoms with van der Waals surface area (Å²) in [7, 11) is 0. The number of nitrogens with one attached hydrogen (secondary N) is 1. The average Bonchev–Trinajstić information content (AvgIpc) is 2.89. The lowest BCUT2D eigenvalue weighted by molar-refractivity contribution is 0.102. The fourth-order valence-electron chi connectivity index (χ4n) is 4.73. The minimum absolute atomic E-state index is 0.0616. The first-order chi connectivity index (χ1) is 14.7. The summed E-state index contributed by atoms with van der Waals surface area (Å²) in [5.74, 6) is 1.50. The van der Waals surface area contributed by atoms with Crippen molar-refractivity contribution < 1.29 is 4.79 Å². The topological polar surface area (TPSA) is 48.5 Å². The van der Waals surface area contributed by atoms with Gasteiger partial charge < -0.3 is 15.1 Å². The van der Waals surface area contributed by atoms with Crippen molar-refractivity contribution in [1.82, 2.24) is 9.88 Å². The van der Waals surface area contributed by atoms with Crippen LogP contribution in [0.4, 0.5) is 17.2 Å². The molecule has 2 aliphatic heterocycles. The smallest absolute Gasteiger partial charge is 0.257 e. The number of aromatic nitrogens is 1. The lowest BCUT2D eigenvalue weighted by Gasteiger charge is -2.27. The fraction of sp³-hybridized carbons (Fsp3) is 0.520. The summed E-state index contributed by atoms with van der Waals surface area (Å²) >= 11 is 0. The van der Waals surface area contributed by atoms with E-state index in [2.05, 4.69) is 27.0 Å². The maximum absolute atomic E-state index is 12.7. The van der Waals surface area contributed by atoms with Gasteiger partial charge in [-0.05, 0) is 88.3 Å². The van der Waals surface area contributed by atoms with E-state index in [1.165, 1.54) is 58.2 Å². The molecule has 1 atom stereocenters. The molecule has 5 heteroatoms. The predicted molar refractivity (Wildman–Crippen MR) is 124 cm³/mol. The molecule has 30 heavy (non-hydrogen) atoms. The van der Waals surface area contributed by atoms with Crippen molar-refractivity contribution in [3.8, 4) is 0 Å². The summed E-state index contributed by atoms with van der Waals surface area (Å²) in [6.07, 6.45) is 10.8. The van der Waals surface area contributed by atoms with E-state index in [4.69, 9.17) is 0 Å². The maximum atomic E-state index is 12.7. The standard InChI is InChI=1S/C25H34N4O/c1-20(10-8-18-28-16-5-2-6-17-28)11-9-19-29-23-14-4-3-12-21(23)25(30)27-22-13-7-15-26-24(22)29/h3-4,7,12-15,20H,2,5-6,8-11,16-19H2,1H3,(H,27,30). The number of pyridine rings is 1. The average molecular weight is 407 g/mol. The van der Waals surface area contributed by atoms with Crippen LogP contribution in [0.1, 0.15) is 62.2 Å². The molecule has 0 aliphatic carbocycles. The van der Waals surface area contributed by atoms with Crippen molar-refractivity contribution in [2.24, 2.45) is 5.92 Å². The number of likely N-dealkylation sites (tertiary alicyclic amines) is 1. The summed E-state index contributed by atoms with van der Waals surface area (Å²) in [6, 6.07) is 11.6. The monoisotopic (exact) mass is 406 g/mol. The predicted octanol–water partition coefficient (Wildman–Crippen LogP) is 5.47. The van der Waals surface area contributed by atoms with Crippen LogP contribution in [-0.2, 0) is 0 Å². The Kier molecular flexibility index (Phi) is 7.00. The van der Waals surface area contributed by atoms with Crippen molar-refractivity contribution in [2.45, 2.75) is 51.9 Å². The van der Waals surface area contributed by atoms with E-state index in [0.29, 0.717) is 5.56 Å². The van der Waals surface area contributed by atoms with Gasteiger partial charge >= 0.3 is 0 Å². The molecule has 1 amide bonds. The normalized spacial score (nSPS) is 17.6. The van der Waals surface area contributed by atoms with Gasteiger partial charge in [0.1, 0.15) is 0 Å². The molecule has 1 saturated heterocycles. The fourth-order valence-corrected chi connectivity index (χ4v) is 4.73. The summed E-state index contributed by atoms with van der Waals surface area (Å²) in [5, 5.41) is 3.02. The number of amides is 1. The van der Waals surface area contributed by atoms with Crippen molar-refractivity contribution in [3.63, 3.8) is 0 Å². The molecule has 1 fully saturated rings. The Morgan fingerprint density at radius 1 is 1.00 bits per heavy atom. The molecule has 5 nitrogen and oxygen atoms in total. The van der Waals surface area contributed by atoms with E-state index in [1.54, 1.807) is 6.20 Å². The number of carbonyl (C=O) groups is 1. The minimum Gasteiger partial charge on any atom is -0.324 e. The van der Waals surface area contributed by atoms with Gasteiger partial charge in [-0.25, -0.2) is 4.98 Å². The maximum Gasteiger partial charge on any atom is 0.257 e. The highest BCUT2D eigenvalue weighted by atomic mass is 16.1. The zero-order valence-corrected chi connectivity index (χ0v) is 18.1. The second-order valence-electron chi connectivity index (χ2n) is 8.79. The third-order valence-electron chi connectivity index (χ3n) is 6.43. The van der Waals surface area contributed by atoms with Crippen molar-refractivity contribution in [3.05, 3.63) is 48.2 Å². The van der Waals surface area contributed by atoms with E-state index in [9.17, 15) is 4.79 Å². The molecule has 1 aromatic carbocycles. The van der Waals surface area contributed by atoms with Crippen LogP contribution in [0.25, 0.3) is 0 Å². The zero-order valence-electron chi connectivity index (χ0n) is 18.1. The van der Waals surface area contributed by atoms with Crippen molar-refractivity contribution in [2.75, 3.05) is 36.4 Å². The number of anilines is 3. The van der Waals surface area contributed by atoms with Crippen LogP contribution in [0.15, 0.2) is 42.6 Å². The Morgan fingerprint density at radius 3 is 2.60 bits per heavy atom. The third kappa shape index (κ3) is 5.01. The molecule has 0 bridgehead atoms. The Morgan fingerprint density at radius 2 is 1.77 bits per heavy atom. The Labute approximate surface area is 180 Å². The SMILES string of the molecule is CC(CCCN1CCCCC1)CCCN1c2ccccc2C(=O)Nc2cccnc21. The number of carbonyl (C=O) groups excluding carboxylic acids is 1. The van der Waals surface area contributed by atoms with Gasteiger partial charge in [0.25, 0.3) is 5.91 Å². The molecular formula is C25H34N4O. The van der Waals surface area contributed by atoms with E-state index >= 15 is 0 Å². The summed E-state index contributed by atoms with van der Waals surface area (Å²) in [4.78, 5) is 22.1. The molecule has 2 aliphatic rings. The van der Waals surface area contributed by atoms with E-state index in [-0.39, 0.29) is 5.91 Å². The first kappa shape index (κ1) is 20.9. The highest BCUT2D eigenvalue weighted by molar-refractivity contribution is 6.11. The van der Waals surface area contributed by atoms with Crippen LogP contribution in [-0.4, -0.2) is 42.0 Å². The Hall–Kier alpha value is -2.40. The molecule has 1 aromatic heterocycles. The molecule has 1 N–H and O–H groups in total. The van der Waals surface area contributed by atoms with Gasteiger partial charge in [0.15, 0.2) is 5.82 Å².